The van der Waals surface area contributed by atoms with Gasteiger partial charge < -0.3 is 0 Å². The summed E-state index contributed by atoms with van der Waals surface area (Å²) in [7, 11) is 0. The van der Waals surface area contributed by atoms with Crippen LogP contribution in [0, 0.1) is 19.8 Å². The summed E-state index contributed by atoms with van der Waals surface area (Å²) in [4.78, 5) is 13.9. The number of aryl methyl sites for hydroxylation is 2. The van der Waals surface area contributed by atoms with E-state index in [-0.39, 0.29) is 5.92 Å². The predicted octanol–water partition coefficient (Wildman–Crippen LogP) is 3.59. The molecule has 1 rings (SSSR count). The molecule has 1 unspecified atom stereocenters. The number of thiophene rings is 1. The molecule has 0 aromatic carbocycles. The molecule has 0 radical (unpaired) electrons. The third-order valence-corrected chi connectivity index (χ3v) is 3.64. The quantitative estimate of drug-likeness (QED) is 0.675. The van der Waals surface area contributed by atoms with Gasteiger partial charge in [-0.1, -0.05) is 13.8 Å². The van der Waals surface area contributed by atoms with Gasteiger partial charge in [0.1, 0.15) is 0 Å². The fraction of sp³-hybridized carbons (Fsp3) is 0.545. The van der Waals surface area contributed by atoms with Crippen LogP contribution >= 0.6 is 11.3 Å². The zero-order valence-electron chi connectivity index (χ0n) is 8.68. The van der Waals surface area contributed by atoms with Crippen molar-refractivity contribution >= 4 is 17.1 Å². The summed E-state index contributed by atoms with van der Waals surface area (Å²) in [6.07, 6.45) is 0.925. The van der Waals surface area contributed by atoms with Crippen molar-refractivity contribution in [1.29, 1.82) is 0 Å². The van der Waals surface area contributed by atoms with Crippen LogP contribution in [-0.2, 0) is 0 Å². The number of hydrogen-bond donors (Lipinski definition) is 0. The highest BCUT2D eigenvalue weighted by Gasteiger charge is 2.15. The Morgan fingerprint density at radius 2 is 2.15 bits per heavy atom. The van der Waals surface area contributed by atoms with E-state index in [0.29, 0.717) is 5.78 Å². The molecule has 1 nitrogen and oxygen atoms in total. The molecule has 0 saturated heterocycles. The maximum atomic E-state index is 11.8. The molecule has 0 N–H and O–H groups in total. The summed E-state index contributed by atoms with van der Waals surface area (Å²) in [5.41, 5.74) is 1.23. The van der Waals surface area contributed by atoms with E-state index in [2.05, 4.69) is 20.8 Å². The average Bonchev–Trinajstić information content (AvgIpc) is 2.44. The molecular formula is C11H16OS. The Labute approximate surface area is 83.8 Å². The fourth-order valence-electron chi connectivity index (χ4n) is 1.12. The van der Waals surface area contributed by atoms with E-state index >= 15 is 0 Å². The number of rotatable bonds is 3. The van der Waals surface area contributed by atoms with Crippen molar-refractivity contribution in [3.05, 3.63) is 21.4 Å². The molecule has 0 amide bonds. The van der Waals surface area contributed by atoms with Crippen molar-refractivity contribution in [2.45, 2.75) is 34.1 Å². The molecule has 0 aliphatic carbocycles. The van der Waals surface area contributed by atoms with E-state index in [1.165, 1.54) is 10.4 Å². The Hall–Kier alpha value is -0.630. The van der Waals surface area contributed by atoms with E-state index in [4.69, 9.17) is 0 Å². The van der Waals surface area contributed by atoms with E-state index in [1.807, 2.05) is 13.0 Å². The molecule has 13 heavy (non-hydrogen) atoms. The van der Waals surface area contributed by atoms with Crippen molar-refractivity contribution in [2.24, 2.45) is 5.92 Å². The molecule has 1 aromatic heterocycles. The minimum Gasteiger partial charge on any atom is -0.293 e. The van der Waals surface area contributed by atoms with Crippen molar-refractivity contribution < 1.29 is 4.79 Å². The van der Waals surface area contributed by atoms with Gasteiger partial charge in [0.2, 0.25) is 0 Å². The Balaban J connectivity index is 2.89. The van der Waals surface area contributed by atoms with Gasteiger partial charge in [0.25, 0.3) is 0 Å². The van der Waals surface area contributed by atoms with E-state index in [1.54, 1.807) is 11.3 Å². The summed E-state index contributed by atoms with van der Waals surface area (Å²) in [5, 5.41) is 0. The van der Waals surface area contributed by atoms with Crippen LogP contribution in [0.3, 0.4) is 0 Å². The topological polar surface area (TPSA) is 17.1 Å². The van der Waals surface area contributed by atoms with Crippen LogP contribution in [0.5, 0.6) is 0 Å². The SMILES string of the molecule is CCC(C)C(=O)c1cc(C)c(C)s1. The normalized spacial score (nSPS) is 12.9. The van der Waals surface area contributed by atoms with Gasteiger partial charge >= 0.3 is 0 Å². The molecule has 0 fully saturated rings. The number of Topliss-reactive ketones (excluding diaryl/α,β-unsaturated/α-hetero) is 1. The summed E-state index contributed by atoms with van der Waals surface area (Å²) in [6, 6.07) is 2.01. The second-order valence-electron chi connectivity index (χ2n) is 3.52. The lowest BCUT2D eigenvalue weighted by atomic mass is 10.0. The molecule has 0 aliphatic heterocycles. The van der Waals surface area contributed by atoms with E-state index < -0.39 is 0 Å². The Kier molecular flexibility index (Phi) is 3.26. The first-order chi connectivity index (χ1) is 6.06. The zero-order valence-corrected chi connectivity index (χ0v) is 9.49. The number of carbonyl (C=O) groups excluding carboxylic acids is 1. The molecule has 0 spiro atoms. The lowest BCUT2D eigenvalue weighted by molar-refractivity contribution is 0.0931. The summed E-state index contributed by atoms with van der Waals surface area (Å²) < 4.78 is 0. The minimum absolute atomic E-state index is 0.164. The van der Waals surface area contributed by atoms with E-state index in [9.17, 15) is 4.79 Å². The van der Waals surface area contributed by atoms with Gasteiger partial charge in [-0.25, -0.2) is 0 Å². The van der Waals surface area contributed by atoms with Crippen LogP contribution in [-0.4, -0.2) is 5.78 Å². The lowest BCUT2D eigenvalue weighted by Gasteiger charge is -2.03. The molecule has 2 heteroatoms. The maximum Gasteiger partial charge on any atom is 0.175 e. The monoisotopic (exact) mass is 196 g/mol. The minimum atomic E-state index is 0.164. The highest BCUT2D eigenvalue weighted by atomic mass is 32.1. The second-order valence-corrected chi connectivity index (χ2v) is 4.78. The second kappa shape index (κ2) is 4.05. The van der Waals surface area contributed by atoms with Gasteiger partial charge in [-0.15, -0.1) is 11.3 Å². The molecule has 72 valence electrons. The third kappa shape index (κ3) is 2.19. The number of ketones is 1. The Morgan fingerprint density at radius 3 is 2.54 bits per heavy atom. The molecule has 0 saturated carbocycles. The lowest BCUT2D eigenvalue weighted by Crippen LogP contribution is -2.07. The molecule has 1 atom stereocenters. The van der Waals surface area contributed by atoms with Gasteiger partial charge in [-0.05, 0) is 31.9 Å². The molecule has 1 aromatic rings. The highest BCUT2D eigenvalue weighted by molar-refractivity contribution is 7.14. The van der Waals surface area contributed by atoms with Crippen LogP contribution in [0.15, 0.2) is 6.07 Å². The Morgan fingerprint density at radius 1 is 1.54 bits per heavy atom. The molecule has 1 heterocycles. The first-order valence-corrected chi connectivity index (χ1v) is 5.49. The zero-order chi connectivity index (χ0) is 10.0. The first kappa shape index (κ1) is 10.5. The van der Waals surface area contributed by atoms with Crippen LogP contribution in [0.2, 0.25) is 0 Å². The summed E-state index contributed by atoms with van der Waals surface area (Å²) >= 11 is 1.62. The smallest absolute Gasteiger partial charge is 0.175 e. The predicted molar refractivity (Wildman–Crippen MR) is 57.6 cm³/mol. The standard InChI is InChI=1S/C11H16OS/c1-5-7(2)11(12)10-6-8(3)9(4)13-10/h6-7H,5H2,1-4H3. The van der Waals surface area contributed by atoms with Gasteiger partial charge in [0.05, 0.1) is 4.88 Å². The van der Waals surface area contributed by atoms with Crippen molar-refractivity contribution in [2.75, 3.05) is 0 Å². The van der Waals surface area contributed by atoms with Crippen LogP contribution in [0.1, 0.15) is 40.4 Å². The number of hydrogen-bond acceptors (Lipinski definition) is 2. The molecule has 0 bridgehead atoms. The van der Waals surface area contributed by atoms with Crippen molar-refractivity contribution in [3.8, 4) is 0 Å². The largest absolute Gasteiger partial charge is 0.293 e. The van der Waals surface area contributed by atoms with Gasteiger partial charge in [0, 0.05) is 10.8 Å². The van der Waals surface area contributed by atoms with Gasteiger partial charge in [-0.2, -0.15) is 0 Å². The van der Waals surface area contributed by atoms with Crippen LogP contribution in [0.25, 0.3) is 0 Å². The average molecular weight is 196 g/mol. The van der Waals surface area contributed by atoms with Crippen LogP contribution in [0.4, 0.5) is 0 Å². The maximum absolute atomic E-state index is 11.8. The fourth-order valence-corrected chi connectivity index (χ4v) is 2.21. The van der Waals surface area contributed by atoms with Gasteiger partial charge in [0.15, 0.2) is 5.78 Å². The summed E-state index contributed by atoms with van der Waals surface area (Å²) in [5.74, 6) is 0.459. The van der Waals surface area contributed by atoms with Gasteiger partial charge in [-0.3, -0.25) is 4.79 Å². The highest BCUT2D eigenvalue weighted by Crippen LogP contribution is 2.23. The van der Waals surface area contributed by atoms with Crippen LogP contribution < -0.4 is 0 Å². The third-order valence-electron chi connectivity index (χ3n) is 2.47. The van der Waals surface area contributed by atoms with Crippen molar-refractivity contribution in [1.82, 2.24) is 0 Å². The van der Waals surface area contributed by atoms with Crippen molar-refractivity contribution in [3.63, 3.8) is 0 Å². The molecule has 0 aliphatic rings. The molecular weight excluding hydrogens is 180 g/mol. The first-order valence-electron chi connectivity index (χ1n) is 4.67. The van der Waals surface area contributed by atoms with E-state index in [0.717, 1.165) is 11.3 Å². The summed E-state index contributed by atoms with van der Waals surface area (Å²) in [6.45, 7) is 8.16. The number of carbonyl (C=O) groups is 1. The Bertz CT molecular complexity index is 292.